The van der Waals surface area contributed by atoms with E-state index in [-0.39, 0.29) is 0 Å². The molecule has 0 aliphatic heterocycles. The van der Waals surface area contributed by atoms with Gasteiger partial charge in [0.05, 0.1) is 23.5 Å². The van der Waals surface area contributed by atoms with Gasteiger partial charge in [-0.1, -0.05) is 23.7 Å². The van der Waals surface area contributed by atoms with E-state index >= 15 is 0 Å². The van der Waals surface area contributed by atoms with E-state index in [2.05, 4.69) is 16.3 Å². The van der Waals surface area contributed by atoms with Crippen LogP contribution >= 0.6 is 11.6 Å². The maximum atomic E-state index is 6.30. The van der Waals surface area contributed by atoms with Crippen molar-refractivity contribution in [2.24, 2.45) is 0 Å². The monoisotopic (exact) mass is 264 g/mol. The second kappa shape index (κ2) is 5.94. The van der Waals surface area contributed by atoms with Crippen molar-refractivity contribution in [2.45, 2.75) is 13.1 Å². The second-order valence-corrected chi connectivity index (χ2v) is 4.62. The van der Waals surface area contributed by atoms with Crippen molar-refractivity contribution in [2.75, 3.05) is 19.0 Å². The summed E-state index contributed by atoms with van der Waals surface area (Å²) in [5, 5.41) is 3.92. The highest BCUT2D eigenvalue weighted by molar-refractivity contribution is 6.33. The van der Waals surface area contributed by atoms with Crippen LogP contribution in [-0.4, -0.2) is 14.1 Å². The van der Waals surface area contributed by atoms with Crippen molar-refractivity contribution in [1.29, 1.82) is 0 Å². The summed E-state index contributed by atoms with van der Waals surface area (Å²) >= 11 is 6.30. The van der Waals surface area contributed by atoms with Gasteiger partial charge in [-0.2, -0.15) is 0 Å². The lowest BCUT2D eigenvalue weighted by Gasteiger charge is -2.22. The zero-order valence-electron chi connectivity index (χ0n) is 10.6. The highest BCUT2D eigenvalue weighted by Crippen LogP contribution is 2.30. The molecule has 4 heteroatoms. The maximum absolute atomic E-state index is 6.30. The predicted molar refractivity (Wildman–Crippen MR) is 75.0 cm³/mol. The molecule has 96 valence electrons. The van der Waals surface area contributed by atoms with Crippen molar-refractivity contribution < 1.29 is 4.42 Å². The fourth-order valence-corrected chi connectivity index (χ4v) is 2.37. The lowest BCUT2D eigenvalue weighted by molar-refractivity contribution is 0.507. The lowest BCUT2D eigenvalue weighted by Crippen LogP contribution is -2.19. The average molecular weight is 265 g/mol. The summed E-state index contributed by atoms with van der Waals surface area (Å²) < 4.78 is 5.36. The van der Waals surface area contributed by atoms with E-state index in [0.717, 1.165) is 23.0 Å². The Hall–Kier alpha value is -1.45. The molecular weight excluding hydrogens is 248 g/mol. The van der Waals surface area contributed by atoms with E-state index in [1.54, 1.807) is 6.26 Å². The first-order valence-corrected chi connectivity index (χ1v) is 6.25. The van der Waals surface area contributed by atoms with Gasteiger partial charge >= 0.3 is 0 Å². The standard InChI is InChI=1S/C14H17ClN2O/c1-16-9-11-5-3-7-13(15)14(11)17(2)10-12-6-4-8-18-12/h3-8,16H,9-10H2,1-2H3. The number of halogens is 1. The molecule has 0 saturated carbocycles. The van der Waals surface area contributed by atoms with Gasteiger partial charge in [-0.15, -0.1) is 0 Å². The molecular formula is C14H17ClN2O. The van der Waals surface area contributed by atoms with Gasteiger partial charge in [-0.05, 0) is 30.8 Å². The third-order valence-corrected chi connectivity index (χ3v) is 3.10. The molecule has 0 fully saturated rings. The number of para-hydroxylation sites is 1. The predicted octanol–water partition coefficient (Wildman–Crippen LogP) is 3.29. The number of hydrogen-bond acceptors (Lipinski definition) is 3. The number of nitrogens with one attached hydrogen (secondary N) is 1. The van der Waals surface area contributed by atoms with Gasteiger partial charge in [0.2, 0.25) is 0 Å². The van der Waals surface area contributed by atoms with Crippen LogP contribution in [0.15, 0.2) is 41.0 Å². The minimum Gasteiger partial charge on any atom is -0.467 e. The summed E-state index contributed by atoms with van der Waals surface area (Å²) in [6.07, 6.45) is 1.68. The van der Waals surface area contributed by atoms with E-state index in [4.69, 9.17) is 16.0 Å². The van der Waals surface area contributed by atoms with Crippen LogP contribution in [0.3, 0.4) is 0 Å². The van der Waals surface area contributed by atoms with Crippen molar-refractivity contribution in [3.63, 3.8) is 0 Å². The number of benzene rings is 1. The maximum Gasteiger partial charge on any atom is 0.123 e. The number of hydrogen-bond donors (Lipinski definition) is 1. The highest BCUT2D eigenvalue weighted by atomic mass is 35.5. The van der Waals surface area contributed by atoms with Crippen molar-refractivity contribution in [3.8, 4) is 0 Å². The zero-order chi connectivity index (χ0) is 13.0. The summed E-state index contributed by atoms with van der Waals surface area (Å²) in [5.74, 6) is 0.924. The minimum atomic E-state index is 0.702. The van der Waals surface area contributed by atoms with Crippen LogP contribution in [-0.2, 0) is 13.1 Å². The van der Waals surface area contributed by atoms with E-state index in [0.29, 0.717) is 6.54 Å². The van der Waals surface area contributed by atoms with Gasteiger partial charge in [0.25, 0.3) is 0 Å². The Kier molecular flexibility index (Phi) is 4.28. The first-order chi connectivity index (χ1) is 8.72. The Morgan fingerprint density at radius 1 is 1.28 bits per heavy atom. The number of furan rings is 1. The summed E-state index contributed by atoms with van der Waals surface area (Å²) in [4.78, 5) is 2.10. The van der Waals surface area contributed by atoms with Crippen LogP contribution < -0.4 is 10.2 Å². The van der Waals surface area contributed by atoms with Crippen LogP contribution in [0.4, 0.5) is 5.69 Å². The molecule has 1 N–H and O–H groups in total. The van der Waals surface area contributed by atoms with Crippen LogP contribution in [0.1, 0.15) is 11.3 Å². The summed E-state index contributed by atoms with van der Waals surface area (Å²) in [6.45, 7) is 1.49. The highest BCUT2D eigenvalue weighted by Gasteiger charge is 2.12. The van der Waals surface area contributed by atoms with Gasteiger partial charge < -0.3 is 14.6 Å². The molecule has 1 heterocycles. The second-order valence-electron chi connectivity index (χ2n) is 4.21. The molecule has 0 bridgehead atoms. The first-order valence-electron chi connectivity index (χ1n) is 5.88. The Balaban J connectivity index is 2.25. The van der Waals surface area contributed by atoms with Crippen LogP contribution in [0, 0.1) is 0 Å². The summed E-state index contributed by atoms with van der Waals surface area (Å²) in [7, 11) is 3.94. The number of rotatable bonds is 5. The molecule has 0 saturated heterocycles. The van der Waals surface area contributed by atoms with Crippen LogP contribution in [0.2, 0.25) is 5.02 Å². The molecule has 0 amide bonds. The topological polar surface area (TPSA) is 28.4 Å². The first kappa shape index (κ1) is 13.0. The third kappa shape index (κ3) is 2.86. The molecule has 2 aromatic rings. The zero-order valence-corrected chi connectivity index (χ0v) is 11.4. The van der Waals surface area contributed by atoms with Crippen LogP contribution in [0.25, 0.3) is 0 Å². The molecule has 2 rings (SSSR count). The van der Waals surface area contributed by atoms with Gasteiger partial charge in [0.1, 0.15) is 5.76 Å². The average Bonchev–Trinajstić information content (AvgIpc) is 2.82. The SMILES string of the molecule is CNCc1cccc(Cl)c1N(C)Cc1ccco1. The van der Waals surface area contributed by atoms with E-state index in [1.807, 2.05) is 38.4 Å². The molecule has 0 aliphatic rings. The van der Waals surface area contributed by atoms with E-state index in [9.17, 15) is 0 Å². The molecule has 0 spiro atoms. The Morgan fingerprint density at radius 3 is 2.78 bits per heavy atom. The quantitative estimate of drug-likeness (QED) is 0.898. The molecule has 0 radical (unpaired) electrons. The van der Waals surface area contributed by atoms with Gasteiger partial charge in [-0.3, -0.25) is 0 Å². The fraction of sp³-hybridized carbons (Fsp3) is 0.286. The molecule has 0 unspecified atom stereocenters. The third-order valence-electron chi connectivity index (χ3n) is 2.79. The van der Waals surface area contributed by atoms with Crippen molar-refractivity contribution in [3.05, 3.63) is 52.9 Å². The molecule has 1 aromatic carbocycles. The Morgan fingerprint density at radius 2 is 2.11 bits per heavy atom. The Labute approximate surface area is 112 Å². The molecule has 1 aromatic heterocycles. The Bertz CT molecular complexity index is 497. The van der Waals surface area contributed by atoms with Gasteiger partial charge in [-0.25, -0.2) is 0 Å². The largest absolute Gasteiger partial charge is 0.467 e. The molecule has 0 atom stereocenters. The molecule has 3 nitrogen and oxygen atoms in total. The summed E-state index contributed by atoms with van der Waals surface area (Å²) in [5.41, 5.74) is 2.23. The van der Waals surface area contributed by atoms with Crippen molar-refractivity contribution in [1.82, 2.24) is 5.32 Å². The van der Waals surface area contributed by atoms with Crippen molar-refractivity contribution >= 4 is 17.3 Å². The molecule has 18 heavy (non-hydrogen) atoms. The van der Waals surface area contributed by atoms with Gasteiger partial charge in [0, 0.05) is 13.6 Å². The van der Waals surface area contributed by atoms with Gasteiger partial charge in [0.15, 0.2) is 0 Å². The van der Waals surface area contributed by atoms with E-state index < -0.39 is 0 Å². The van der Waals surface area contributed by atoms with Crippen LogP contribution in [0.5, 0.6) is 0 Å². The number of nitrogens with zero attached hydrogens (tertiary/aromatic N) is 1. The summed E-state index contributed by atoms with van der Waals surface area (Å²) in [6, 6.07) is 9.82. The minimum absolute atomic E-state index is 0.702. The molecule has 0 aliphatic carbocycles. The smallest absolute Gasteiger partial charge is 0.123 e. The fourth-order valence-electron chi connectivity index (χ4n) is 2.04. The number of anilines is 1. The normalized spacial score (nSPS) is 10.6. The lowest BCUT2D eigenvalue weighted by atomic mass is 10.1. The van der Waals surface area contributed by atoms with E-state index in [1.165, 1.54) is 5.56 Å².